The Kier molecular flexibility index (Phi) is 5.81. The molecule has 2 heterocycles. The standard InChI is InChI=1S/C19H28N2O2/c1-20-10-5-8-17(20)9-11-21-12-13-23-15-18(21)14-19(22)16-6-3-2-4-7-16/h2-4,6-7,17-18H,5,8-15H2,1H3/t17-,18-/m0/s1. The van der Waals surface area contributed by atoms with Crippen molar-refractivity contribution in [3.63, 3.8) is 0 Å². The van der Waals surface area contributed by atoms with E-state index in [0.29, 0.717) is 19.1 Å². The summed E-state index contributed by atoms with van der Waals surface area (Å²) >= 11 is 0. The Labute approximate surface area is 139 Å². The first-order valence-electron chi connectivity index (χ1n) is 8.84. The van der Waals surface area contributed by atoms with Gasteiger partial charge < -0.3 is 9.64 Å². The number of morpholine rings is 1. The monoisotopic (exact) mass is 316 g/mol. The van der Waals surface area contributed by atoms with Crippen molar-refractivity contribution < 1.29 is 9.53 Å². The molecule has 23 heavy (non-hydrogen) atoms. The number of ether oxygens (including phenoxy) is 1. The summed E-state index contributed by atoms with van der Waals surface area (Å²) < 4.78 is 5.64. The molecule has 3 rings (SSSR count). The number of carbonyl (C=O) groups excluding carboxylic acids is 1. The number of carbonyl (C=O) groups is 1. The van der Waals surface area contributed by atoms with E-state index in [4.69, 9.17) is 4.74 Å². The van der Waals surface area contributed by atoms with Gasteiger partial charge in [0.25, 0.3) is 0 Å². The van der Waals surface area contributed by atoms with Gasteiger partial charge in [0.2, 0.25) is 0 Å². The number of hydrogen-bond acceptors (Lipinski definition) is 4. The molecule has 0 saturated carbocycles. The molecule has 0 spiro atoms. The van der Waals surface area contributed by atoms with Crippen LogP contribution in [-0.4, -0.2) is 67.6 Å². The highest BCUT2D eigenvalue weighted by atomic mass is 16.5. The van der Waals surface area contributed by atoms with Gasteiger partial charge in [-0.1, -0.05) is 30.3 Å². The molecule has 0 radical (unpaired) electrons. The number of hydrogen-bond donors (Lipinski definition) is 0. The second kappa shape index (κ2) is 8.04. The third kappa shape index (κ3) is 4.40. The summed E-state index contributed by atoms with van der Waals surface area (Å²) in [5.41, 5.74) is 0.813. The maximum atomic E-state index is 12.5. The Balaban J connectivity index is 1.54. The van der Waals surface area contributed by atoms with Crippen LogP contribution in [0, 0.1) is 0 Å². The molecular weight excluding hydrogens is 288 g/mol. The van der Waals surface area contributed by atoms with Gasteiger partial charge in [-0.2, -0.15) is 0 Å². The fraction of sp³-hybridized carbons (Fsp3) is 0.632. The van der Waals surface area contributed by atoms with Crippen LogP contribution in [0.15, 0.2) is 30.3 Å². The molecule has 0 aromatic heterocycles. The lowest BCUT2D eigenvalue weighted by molar-refractivity contribution is -0.0110. The summed E-state index contributed by atoms with van der Waals surface area (Å²) in [4.78, 5) is 17.4. The van der Waals surface area contributed by atoms with Crippen molar-refractivity contribution in [2.45, 2.75) is 37.8 Å². The summed E-state index contributed by atoms with van der Waals surface area (Å²) in [6.07, 6.45) is 4.39. The lowest BCUT2D eigenvalue weighted by atomic mass is 10.0. The van der Waals surface area contributed by atoms with Crippen LogP contribution in [0.2, 0.25) is 0 Å². The summed E-state index contributed by atoms with van der Waals surface area (Å²) in [6, 6.07) is 10.6. The van der Waals surface area contributed by atoms with Crippen LogP contribution in [0.3, 0.4) is 0 Å². The normalized spacial score (nSPS) is 26.5. The SMILES string of the molecule is CN1CCC[C@H]1CCN1CCOC[C@@H]1CC(=O)c1ccccc1. The zero-order valence-corrected chi connectivity index (χ0v) is 14.1. The number of ketones is 1. The van der Waals surface area contributed by atoms with Gasteiger partial charge in [-0.3, -0.25) is 9.69 Å². The minimum Gasteiger partial charge on any atom is -0.378 e. The van der Waals surface area contributed by atoms with Gasteiger partial charge >= 0.3 is 0 Å². The predicted molar refractivity (Wildman–Crippen MR) is 91.8 cm³/mol. The van der Waals surface area contributed by atoms with E-state index in [-0.39, 0.29) is 11.8 Å². The second-order valence-electron chi connectivity index (χ2n) is 6.82. The Bertz CT molecular complexity index is 505. The largest absolute Gasteiger partial charge is 0.378 e. The summed E-state index contributed by atoms with van der Waals surface area (Å²) in [6.45, 7) is 4.72. The maximum Gasteiger partial charge on any atom is 0.164 e. The lowest BCUT2D eigenvalue weighted by Gasteiger charge is -2.36. The zero-order valence-electron chi connectivity index (χ0n) is 14.1. The average molecular weight is 316 g/mol. The van der Waals surface area contributed by atoms with Crippen LogP contribution in [0.25, 0.3) is 0 Å². The number of Topliss-reactive ketones (excluding diaryl/α,β-unsaturated/α-hetero) is 1. The van der Waals surface area contributed by atoms with E-state index < -0.39 is 0 Å². The van der Waals surface area contributed by atoms with Crippen molar-refractivity contribution in [2.24, 2.45) is 0 Å². The van der Waals surface area contributed by atoms with Gasteiger partial charge in [-0.15, -0.1) is 0 Å². The van der Waals surface area contributed by atoms with E-state index in [2.05, 4.69) is 16.8 Å². The number of rotatable bonds is 6. The highest BCUT2D eigenvalue weighted by Crippen LogP contribution is 2.20. The molecule has 1 aromatic carbocycles. The molecule has 2 aliphatic heterocycles. The third-order valence-electron chi connectivity index (χ3n) is 5.29. The maximum absolute atomic E-state index is 12.5. The summed E-state index contributed by atoms with van der Waals surface area (Å²) in [5.74, 6) is 0.226. The molecule has 0 N–H and O–H groups in total. The van der Waals surface area contributed by atoms with Gasteiger partial charge in [0.15, 0.2) is 5.78 Å². The Morgan fingerprint density at radius 3 is 2.78 bits per heavy atom. The van der Waals surface area contributed by atoms with Crippen molar-refractivity contribution in [3.8, 4) is 0 Å². The first-order valence-corrected chi connectivity index (χ1v) is 8.84. The molecule has 0 aliphatic carbocycles. The highest BCUT2D eigenvalue weighted by molar-refractivity contribution is 5.96. The van der Waals surface area contributed by atoms with Crippen molar-refractivity contribution in [3.05, 3.63) is 35.9 Å². The third-order valence-corrected chi connectivity index (χ3v) is 5.29. The molecule has 0 bridgehead atoms. The number of benzene rings is 1. The molecular formula is C19H28N2O2. The van der Waals surface area contributed by atoms with Crippen LogP contribution in [0.5, 0.6) is 0 Å². The topological polar surface area (TPSA) is 32.8 Å². The highest BCUT2D eigenvalue weighted by Gasteiger charge is 2.28. The fourth-order valence-electron chi connectivity index (χ4n) is 3.79. The molecule has 1 aromatic rings. The van der Waals surface area contributed by atoms with Crippen molar-refractivity contribution in [2.75, 3.05) is 39.9 Å². The Morgan fingerprint density at radius 1 is 1.22 bits per heavy atom. The molecule has 4 heteroatoms. The van der Waals surface area contributed by atoms with Gasteiger partial charge in [0, 0.05) is 37.2 Å². The lowest BCUT2D eigenvalue weighted by Crippen LogP contribution is -2.47. The van der Waals surface area contributed by atoms with Gasteiger partial charge in [-0.05, 0) is 32.9 Å². The van der Waals surface area contributed by atoms with E-state index in [1.165, 1.54) is 25.8 Å². The van der Waals surface area contributed by atoms with E-state index >= 15 is 0 Å². The van der Waals surface area contributed by atoms with Gasteiger partial charge in [0.1, 0.15) is 0 Å². The predicted octanol–water partition coefficient (Wildman–Crippen LogP) is 2.44. The minimum absolute atomic E-state index is 0.225. The van der Waals surface area contributed by atoms with Crippen LogP contribution in [0.4, 0.5) is 0 Å². The van der Waals surface area contributed by atoms with E-state index in [1.807, 2.05) is 30.3 Å². The van der Waals surface area contributed by atoms with Crippen molar-refractivity contribution in [1.82, 2.24) is 9.80 Å². The number of likely N-dealkylation sites (tertiary alicyclic amines) is 1. The Hall–Kier alpha value is -1.23. The molecule has 0 unspecified atom stereocenters. The van der Waals surface area contributed by atoms with Crippen LogP contribution >= 0.6 is 0 Å². The smallest absolute Gasteiger partial charge is 0.164 e. The van der Waals surface area contributed by atoms with Crippen LogP contribution < -0.4 is 0 Å². The van der Waals surface area contributed by atoms with E-state index in [1.54, 1.807) is 0 Å². The molecule has 2 fully saturated rings. The molecule has 4 nitrogen and oxygen atoms in total. The molecule has 2 aliphatic rings. The van der Waals surface area contributed by atoms with Gasteiger partial charge in [-0.25, -0.2) is 0 Å². The first-order chi connectivity index (χ1) is 11.2. The molecule has 2 atom stereocenters. The molecule has 0 amide bonds. The quantitative estimate of drug-likeness (QED) is 0.755. The first kappa shape index (κ1) is 16.6. The zero-order chi connectivity index (χ0) is 16.1. The van der Waals surface area contributed by atoms with E-state index in [9.17, 15) is 4.79 Å². The molecule has 126 valence electrons. The summed E-state index contributed by atoms with van der Waals surface area (Å²) in [5, 5.41) is 0. The summed E-state index contributed by atoms with van der Waals surface area (Å²) in [7, 11) is 2.23. The van der Waals surface area contributed by atoms with E-state index in [0.717, 1.165) is 25.3 Å². The molecule has 2 saturated heterocycles. The fourth-order valence-corrected chi connectivity index (χ4v) is 3.79. The second-order valence-corrected chi connectivity index (χ2v) is 6.82. The van der Waals surface area contributed by atoms with Crippen molar-refractivity contribution >= 4 is 5.78 Å². The average Bonchev–Trinajstić information content (AvgIpc) is 3.00. The Morgan fingerprint density at radius 2 is 2.04 bits per heavy atom. The van der Waals surface area contributed by atoms with Crippen molar-refractivity contribution in [1.29, 1.82) is 0 Å². The minimum atomic E-state index is 0.225. The van der Waals surface area contributed by atoms with Gasteiger partial charge in [0.05, 0.1) is 13.2 Å². The number of nitrogens with zero attached hydrogens (tertiary/aromatic N) is 2. The van der Waals surface area contributed by atoms with Crippen LogP contribution in [-0.2, 0) is 4.74 Å². The van der Waals surface area contributed by atoms with Crippen LogP contribution in [0.1, 0.15) is 36.0 Å².